The van der Waals surface area contributed by atoms with Gasteiger partial charge in [0.15, 0.2) is 0 Å². The second-order valence-corrected chi connectivity index (χ2v) is 5.59. The molecule has 1 saturated heterocycles. The molecule has 0 spiro atoms. The number of nitrogens with zero attached hydrogens (tertiary/aromatic N) is 1. The molecule has 0 amide bonds. The minimum absolute atomic E-state index is 0.0824. The molecule has 3 nitrogen and oxygen atoms in total. The summed E-state index contributed by atoms with van der Waals surface area (Å²) in [6.45, 7) is 2.45. The number of benzene rings is 2. The van der Waals surface area contributed by atoms with Crippen LogP contribution in [0.2, 0.25) is 0 Å². The van der Waals surface area contributed by atoms with E-state index in [0.29, 0.717) is 6.61 Å². The molecule has 3 heteroatoms. The van der Waals surface area contributed by atoms with Crippen LogP contribution in [0.15, 0.2) is 42.5 Å². The highest BCUT2D eigenvalue weighted by atomic mass is 16.5. The quantitative estimate of drug-likeness (QED) is 0.789. The van der Waals surface area contributed by atoms with Crippen LogP contribution < -0.4 is 4.74 Å². The molecule has 0 aromatic heterocycles. The Labute approximate surface area is 125 Å². The van der Waals surface area contributed by atoms with Gasteiger partial charge in [0.25, 0.3) is 0 Å². The molecule has 2 aromatic rings. The molecule has 0 radical (unpaired) electrons. The molecular formula is C18H21NO2. The van der Waals surface area contributed by atoms with Crippen LogP contribution in [0, 0.1) is 0 Å². The Balaban J connectivity index is 1.57. The van der Waals surface area contributed by atoms with Crippen LogP contribution in [-0.4, -0.2) is 36.9 Å². The number of hydrogen-bond acceptors (Lipinski definition) is 3. The third-order valence-electron chi connectivity index (χ3n) is 4.19. The highest BCUT2D eigenvalue weighted by Crippen LogP contribution is 2.21. The number of piperidine rings is 1. The van der Waals surface area contributed by atoms with E-state index in [9.17, 15) is 4.79 Å². The van der Waals surface area contributed by atoms with Crippen molar-refractivity contribution in [1.29, 1.82) is 0 Å². The first-order valence-electron chi connectivity index (χ1n) is 7.68. The van der Waals surface area contributed by atoms with E-state index in [2.05, 4.69) is 29.2 Å². The van der Waals surface area contributed by atoms with E-state index in [1.54, 1.807) is 0 Å². The summed E-state index contributed by atoms with van der Waals surface area (Å²) >= 11 is 0. The zero-order valence-corrected chi connectivity index (χ0v) is 12.2. The smallest absolute Gasteiger partial charge is 0.137 e. The Kier molecular flexibility index (Phi) is 4.51. The fraction of sp³-hybridized carbons (Fsp3) is 0.389. The second kappa shape index (κ2) is 6.72. The first-order chi connectivity index (χ1) is 10.4. The lowest BCUT2D eigenvalue weighted by Crippen LogP contribution is -2.42. The van der Waals surface area contributed by atoms with Gasteiger partial charge in [0.05, 0.1) is 6.04 Å². The molecule has 1 aliphatic heterocycles. The van der Waals surface area contributed by atoms with Crippen molar-refractivity contribution in [3.05, 3.63) is 42.5 Å². The van der Waals surface area contributed by atoms with E-state index < -0.39 is 0 Å². The molecule has 1 atom stereocenters. The van der Waals surface area contributed by atoms with Gasteiger partial charge in [0, 0.05) is 6.54 Å². The predicted molar refractivity (Wildman–Crippen MR) is 84.7 cm³/mol. The van der Waals surface area contributed by atoms with Gasteiger partial charge in [0.2, 0.25) is 0 Å². The maximum Gasteiger partial charge on any atom is 0.137 e. The number of likely N-dealkylation sites (tertiary alicyclic amines) is 1. The zero-order valence-electron chi connectivity index (χ0n) is 12.2. The van der Waals surface area contributed by atoms with Crippen LogP contribution in [0.4, 0.5) is 0 Å². The van der Waals surface area contributed by atoms with E-state index in [1.807, 2.05) is 18.2 Å². The summed E-state index contributed by atoms with van der Waals surface area (Å²) in [6.07, 6.45) is 4.40. The van der Waals surface area contributed by atoms with Gasteiger partial charge in [-0.15, -0.1) is 0 Å². The summed E-state index contributed by atoms with van der Waals surface area (Å²) in [7, 11) is 0. The number of carbonyl (C=O) groups is 1. The van der Waals surface area contributed by atoms with Gasteiger partial charge in [-0.2, -0.15) is 0 Å². The molecule has 1 aliphatic rings. The topological polar surface area (TPSA) is 29.5 Å². The molecule has 0 aliphatic carbocycles. The number of hydrogen-bond donors (Lipinski definition) is 0. The number of fused-ring (bicyclic) bond motifs is 1. The van der Waals surface area contributed by atoms with Crippen molar-refractivity contribution >= 4 is 17.1 Å². The van der Waals surface area contributed by atoms with Crippen LogP contribution in [0.25, 0.3) is 10.8 Å². The summed E-state index contributed by atoms with van der Waals surface area (Å²) in [6, 6.07) is 14.5. The van der Waals surface area contributed by atoms with E-state index in [0.717, 1.165) is 38.0 Å². The Hall–Kier alpha value is -1.87. The van der Waals surface area contributed by atoms with Crippen molar-refractivity contribution in [3.8, 4) is 5.75 Å². The number of carbonyl (C=O) groups excluding carboxylic acids is 1. The minimum Gasteiger partial charge on any atom is -0.492 e. The summed E-state index contributed by atoms with van der Waals surface area (Å²) < 4.78 is 5.85. The van der Waals surface area contributed by atoms with E-state index in [4.69, 9.17) is 4.74 Å². The first-order valence-corrected chi connectivity index (χ1v) is 7.68. The fourth-order valence-electron chi connectivity index (χ4n) is 2.99. The molecule has 0 saturated carbocycles. The third kappa shape index (κ3) is 3.42. The monoisotopic (exact) mass is 283 g/mol. The number of aldehydes is 1. The van der Waals surface area contributed by atoms with Gasteiger partial charge in [-0.05, 0) is 42.3 Å². The number of ether oxygens (including phenoxy) is 1. The molecular weight excluding hydrogens is 262 g/mol. The number of rotatable bonds is 5. The van der Waals surface area contributed by atoms with Gasteiger partial charge in [0.1, 0.15) is 18.6 Å². The molecule has 1 unspecified atom stereocenters. The van der Waals surface area contributed by atoms with Crippen molar-refractivity contribution in [2.24, 2.45) is 0 Å². The summed E-state index contributed by atoms with van der Waals surface area (Å²) in [5.41, 5.74) is 0. The van der Waals surface area contributed by atoms with Crippen LogP contribution in [0.3, 0.4) is 0 Å². The highest BCUT2D eigenvalue weighted by molar-refractivity contribution is 5.83. The van der Waals surface area contributed by atoms with Crippen LogP contribution >= 0.6 is 0 Å². The predicted octanol–water partition coefficient (Wildman–Crippen LogP) is 3.27. The maximum absolute atomic E-state index is 11.1. The average Bonchev–Trinajstić information content (AvgIpc) is 2.55. The van der Waals surface area contributed by atoms with Crippen molar-refractivity contribution in [1.82, 2.24) is 4.90 Å². The Morgan fingerprint density at radius 2 is 2.00 bits per heavy atom. The lowest BCUT2D eigenvalue weighted by Gasteiger charge is -2.31. The van der Waals surface area contributed by atoms with Crippen molar-refractivity contribution < 1.29 is 9.53 Å². The lowest BCUT2D eigenvalue weighted by molar-refractivity contribution is -0.113. The Morgan fingerprint density at radius 1 is 1.14 bits per heavy atom. The summed E-state index contributed by atoms with van der Waals surface area (Å²) in [4.78, 5) is 13.3. The zero-order chi connectivity index (χ0) is 14.5. The molecule has 1 fully saturated rings. The molecule has 110 valence electrons. The van der Waals surface area contributed by atoms with Crippen LogP contribution in [0.5, 0.6) is 5.75 Å². The van der Waals surface area contributed by atoms with Gasteiger partial charge in [-0.1, -0.05) is 36.8 Å². The lowest BCUT2D eigenvalue weighted by atomic mass is 10.0. The fourth-order valence-corrected chi connectivity index (χ4v) is 2.99. The molecule has 0 bridgehead atoms. The largest absolute Gasteiger partial charge is 0.492 e. The van der Waals surface area contributed by atoms with E-state index in [-0.39, 0.29) is 6.04 Å². The average molecular weight is 283 g/mol. The van der Waals surface area contributed by atoms with Crippen molar-refractivity contribution in [2.75, 3.05) is 19.7 Å². The van der Waals surface area contributed by atoms with Crippen molar-refractivity contribution in [2.45, 2.75) is 25.3 Å². The summed E-state index contributed by atoms with van der Waals surface area (Å²) in [5.74, 6) is 0.897. The molecule has 3 rings (SSSR count). The standard InChI is InChI=1S/C18H21NO2/c20-14-17-7-3-4-10-19(17)11-12-21-18-9-8-15-5-1-2-6-16(15)13-18/h1-2,5-6,8-9,13-14,17H,3-4,7,10-12H2. The van der Waals surface area contributed by atoms with E-state index in [1.165, 1.54) is 17.2 Å². The van der Waals surface area contributed by atoms with Crippen LogP contribution in [-0.2, 0) is 4.79 Å². The minimum atomic E-state index is 0.0824. The van der Waals surface area contributed by atoms with Crippen LogP contribution in [0.1, 0.15) is 19.3 Å². The Bertz CT molecular complexity index is 611. The second-order valence-electron chi connectivity index (χ2n) is 5.59. The van der Waals surface area contributed by atoms with E-state index >= 15 is 0 Å². The highest BCUT2D eigenvalue weighted by Gasteiger charge is 2.21. The molecule has 1 heterocycles. The van der Waals surface area contributed by atoms with Gasteiger partial charge >= 0.3 is 0 Å². The van der Waals surface area contributed by atoms with Crippen molar-refractivity contribution in [3.63, 3.8) is 0 Å². The molecule has 0 N–H and O–H groups in total. The molecule has 21 heavy (non-hydrogen) atoms. The summed E-state index contributed by atoms with van der Waals surface area (Å²) in [5, 5.41) is 2.42. The first kappa shape index (κ1) is 14.1. The third-order valence-corrected chi connectivity index (χ3v) is 4.19. The van der Waals surface area contributed by atoms with Gasteiger partial charge in [-0.25, -0.2) is 0 Å². The maximum atomic E-state index is 11.1. The SMILES string of the molecule is O=CC1CCCCN1CCOc1ccc2ccccc2c1. The molecule has 2 aromatic carbocycles. The normalized spacial score (nSPS) is 19.5. The van der Waals surface area contributed by atoms with Gasteiger partial charge in [-0.3, -0.25) is 4.90 Å². The Morgan fingerprint density at radius 3 is 2.86 bits per heavy atom. The van der Waals surface area contributed by atoms with Gasteiger partial charge < -0.3 is 9.53 Å².